The molecule has 0 bridgehead atoms. The molecule has 3 N–H and O–H groups in total. The molecular weight excluding hydrogens is 586 g/mol. The highest BCUT2D eigenvalue weighted by atomic mass is 35.5. The minimum Gasteiger partial charge on any atom is -0.445 e. The van der Waals surface area contributed by atoms with Crippen molar-refractivity contribution in [2.24, 2.45) is 0 Å². The Labute approximate surface area is 247 Å². The number of benzene rings is 1. The van der Waals surface area contributed by atoms with Crippen LogP contribution in [0.2, 0.25) is 5.02 Å². The number of amides is 1. The molecule has 3 aromatic heterocycles. The van der Waals surface area contributed by atoms with Gasteiger partial charge >= 0.3 is 6.09 Å². The first-order valence-electron chi connectivity index (χ1n) is 12.9. The summed E-state index contributed by atoms with van der Waals surface area (Å²) in [6, 6.07) is 14.6. The van der Waals surface area contributed by atoms with Crippen molar-refractivity contribution in [1.82, 2.24) is 29.8 Å². The van der Waals surface area contributed by atoms with E-state index in [9.17, 15) is 13.2 Å². The number of thiophene rings is 1. The van der Waals surface area contributed by atoms with Gasteiger partial charge in [0.15, 0.2) is 17.5 Å². The number of likely N-dealkylation sites (tertiary alicyclic amines) is 1. The van der Waals surface area contributed by atoms with Crippen molar-refractivity contribution in [2.45, 2.75) is 49.5 Å². The van der Waals surface area contributed by atoms with Crippen molar-refractivity contribution in [3.05, 3.63) is 71.0 Å². The SMILES string of the molecule is CC(C)(C)NS(=O)(=O)c1ccc(-c2ncc(Cl)c(Nc3cc(C4CCN(C(=O)OCc5ccccc5)C4)[nH]n3)n2)s1. The van der Waals surface area contributed by atoms with Gasteiger partial charge in [0.05, 0.1) is 11.1 Å². The second-order valence-electron chi connectivity index (χ2n) is 10.7. The molecule has 4 heterocycles. The third kappa shape index (κ3) is 7.22. The van der Waals surface area contributed by atoms with Crippen molar-refractivity contribution < 1.29 is 17.9 Å². The van der Waals surface area contributed by atoms with Crippen LogP contribution in [-0.2, 0) is 21.4 Å². The van der Waals surface area contributed by atoms with Crippen LogP contribution in [0.1, 0.15) is 44.4 Å². The molecule has 5 rings (SSSR count). The number of hydrogen-bond acceptors (Lipinski definition) is 9. The minimum absolute atomic E-state index is 0.0759. The molecule has 1 aliphatic heterocycles. The third-order valence-electron chi connectivity index (χ3n) is 6.19. The molecule has 1 unspecified atom stereocenters. The number of hydrogen-bond donors (Lipinski definition) is 3. The highest BCUT2D eigenvalue weighted by Crippen LogP contribution is 2.33. The lowest BCUT2D eigenvalue weighted by atomic mass is 10.1. The second-order valence-corrected chi connectivity index (χ2v) is 14.1. The number of nitrogens with one attached hydrogen (secondary N) is 3. The van der Waals surface area contributed by atoms with Gasteiger partial charge < -0.3 is 15.0 Å². The van der Waals surface area contributed by atoms with Crippen molar-refractivity contribution >= 4 is 50.7 Å². The molecule has 1 atom stereocenters. The first kappa shape index (κ1) is 29.0. The Hall–Kier alpha value is -3.52. The lowest BCUT2D eigenvalue weighted by Gasteiger charge is -2.19. The van der Waals surface area contributed by atoms with E-state index in [4.69, 9.17) is 16.3 Å². The zero-order valence-electron chi connectivity index (χ0n) is 22.7. The Morgan fingerprint density at radius 2 is 2.00 bits per heavy atom. The average molecular weight is 616 g/mol. The van der Waals surface area contributed by atoms with Crippen LogP contribution in [0.5, 0.6) is 0 Å². The van der Waals surface area contributed by atoms with E-state index in [1.165, 1.54) is 12.3 Å². The summed E-state index contributed by atoms with van der Waals surface area (Å²) in [5.74, 6) is 1.24. The summed E-state index contributed by atoms with van der Waals surface area (Å²) in [6.07, 6.45) is 1.89. The van der Waals surface area contributed by atoms with E-state index in [-0.39, 0.29) is 27.8 Å². The van der Waals surface area contributed by atoms with Crippen LogP contribution < -0.4 is 10.0 Å². The summed E-state index contributed by atoms with van der Waals surface area (Å²) in [6.45, 7) is 6.68. The number of anilines is 2. The molecule has 0 spiro atoms. The number of carbonyl (C=O) groups is 1. The maximum absolute atomic E-state index is 12.7. The molecule has 0 saturated carbocycles. The summed E-state index contributed by atoms with van der Waals surface area (Å²) in [4.78, 5) is 23.6. The Kier molecular flexibility index (Phi) is 8.32. The summed E-state index contributed by atoms with van der Waals surface area (Å²) < 4.78 is 33.7. The van der Waals surface area contributed by atoms with E-state index >= 15 is 0 Å². The number of sulfonamides is 1. The van der Waals surface area contributed by atoms with E-state index in [0.717, 1.165) is 29.0 Å². The number of H-pyrrole nitrogens is 1. The predicted octanol–water partition coefficient (Wildman–Crippen LogP) is 5.53. The number of halogens is 1. The monoisotopic (exact) mass is 615 g/mol. The summed E-state index contributed by atoms with van der Waals surface area (Å²) in [5, 5.41) is 10.8. The molecule has 1 aliphatic rings. The smallest absolute Gasteiger partial charge is 0.410 e. The molecular formula is C27H30ClN7O4S2. The maximum Gasteiger partial charge on any atom is 0.410 e. The first-order chi connectivity index (χ1) is 19.5. The first-order valence-corrected chi connectivity index (χ1v) is 15.6. The molecule has 4 aromatic rings. The number of nitrogens with zero attached hydrogens (tertiary/aromatic N) is 4. The topological polar surface area (TPSA) is 142 Å². The number of aromatic nitrogens is 4. The lowest BCUT2D eigenvalue weighted by molar-refractivity contribution is 0.104. The molecule has 14 heteroatoms. The molecule has 0 aliphatic carbocycles. The van der Waals surface area contributed by atoms with Gasteiger partial charge in [-0.2, -0.15) is 5.10 Å². The van der Waals surface area contributed by atoms with Crippen LogP contribution in [-0.4, -0.2) is 58.2 Å². The van der Waals surface area contributed by atoms with Gasteiger partial charge in [-0.25, -0.2) is 27.9 Å². The predicted molar refractivity (Wildman–Crippen MR) is 158 cm³/mol. The van der Waals surface area contributed by atoms with Gasteiger partial charge in [-0.05, 0) is 44.9 Å². The highest BCUT2D eigenvalue weighted by Gasteiger charge is 2.30. The van der Waals surface area contributed by atoms with Crippen LogP contribution >= 0.6 is 22.9 Å². The molecule has 1 saturated heterocycles. The van der Waals surface area contributed by atoms with Crippen LogP contribution in [0.15, 0.2) is 58.9 Å². The lowest BCUT2D eigenvalue weighted by Crippen LogP contribution is -2.40. The number of ether oxygens (including phenoxy) is 1. The van der Waals surface area contributed by atoms with Crippen molar-refractivity contribution in [2.75, 3.05) is 18.4 Å². The van der Waals surface area contributed by atoms with E-state index in [1.54, 1.807) is 31.7 Å². The summed E-state index contributed by atoms with van der Waals surface area (Å²) in [7, 11) is -3.68. The maximum atomic E-state index is 12.7. The molecule has 1 fully saturated rings. The highest BCUT2D eigenvalue weighted by molar-refractivity contribution is 7.91. The van der Waals surface area contributed by atoms with E-state index in [1.807, 2.05) is 36.4 Å². The number of aromatic amines is 1. The van der Waals surface area contributed by atoms with Gasteiger partial charge in [0.25, 0.3) is 10.0 Å². The van der Waals surface area contributed by atoms with E-state index in [2.05, 4.69) is 30.2 Å². The Bertz CT molecular complexity index is 1630. The molecule has 1 aromatic carbocycles. The van der Waals surface area contributed by atoms with Gasteiger partial charge in [-0.15, -0.1) is 11.3 Å². The van der Waals surface area contributed by atoms with Gasteiger partial charge in [0.1, 0.15) is 15.8 Å². The van der Waals surface area contributed by atoms with Crippen LogP contribution in [0.25, 0.3) is 10.7 Å². The van der Waals surface area contributed by atoms with Crippen molar-refractivity contribution in [3.63, 3.8) is 0 Å². The number of carbonyl (C=O) groups excluding carboxylic acids is 1. The summed E-state index contributed by atoms with van der Waals surface area (Å²) >= 11 is 7.43. The van der Waals surface area contributed by atoms with Crippen molar-refractivity contribution in [1.29, 1.82) is 0 Å². The normalized spacial score (nSPS) is 15.7. The Morgan fingerprint density at radius 3 is 2.76 bits per heavy atom. The zero-order chi connectivity index (χ0) is 29.2. The van der Waals surface area contributed by atoms with Gasteiger partial charge in [-0.3, -0.25) is 5.10 Å². The molecule has 1 amide bonds. The minimum atomic E-state index is -3.68. The fourth-order valence-corrected chi connectivity index (χ4v) is 7.14. The molecule has 11 nitrogen and oxygen atoms in total. The Balaban J connectivity index is 1.22. The standard InChI is InChI=1S/C27H30ClN7O4S2/c1-27(2,3)34-41(37,38)23-10-9-21(40-23)25-29-14-19(28)24(31-25)30-22-13-20(32-33-22)18-11-12-35(15-18)26(36)39-16-17-7-5-4-6-8-17/h4-10,13-14,18,34H,11-12,15-16H2,1-3H3,(H2,29,30,31,32,33). The fraction of sp³-hybridized carbons (Fsp3) is 0.333. The molecule has 41 heavy (non-hydrogen) atoms. The van der Waals surface area contributed by atoms with E-state index < -0.39 is 15.6 Å². The average Bonchev–Trinajstić information content (AvgIpc) is 3.69. The van der Waals surface area contributed by atoms with Crippen LogP contribution in [0, 0.1) is 0 Å². The van der Waals surface area contributed by atoms with Crippen LogP contribution in [0.4, 0.5) is 16.4 Å². The Morgan fingerprint density at radius 1 is 1.22 bits per heavy atom. The second kappa shape index (κ2) is 11.8. The van der Waals surface area contributed by atoms with Crippen molar-refractivity contribution in [3.8, 4) is 10.7 Å². The van der Waals surface area contributed by atoms with Gasteiger partial charge in [0.2, 0.25) is 0 Å². The fourth-order valence-electron chi connectivity index (χ4n) is 4.33. The number of rotatable bonds is 8. The third-order valence-corrected chi connectivity index (χ3v) is 9.79. The quantitative estimate of drug-likeness (QED) is 0.235. The zero-order valence-corrected chi connectivity index (χ0v) is 25.1. The van der Waals surface area contributed by atoms with E-state index in [0.29, 0.717) is 35.4 Å². The van der Waals surface area contributed by atoms with Gasteiger partial charge in [0, 0.05) is 36.3 Å². The molecule has 0 radical (unpaired) electrons. The van der Waals surface area contributed by atoms with Crippen LogP contribution in [0.3, 0.4) is 0 Å². The van der Waals surface area contributed by atoms with Gasteiger partial charge in [-0.1, -0.05) is 41.9 Å². The largest absolute Gasteiger partial charge is 0.445 e. The summed E-state index contributed by atoms with van der Waals surface area (Å²) in [5.41, 5.74) is 1.20. The molecule has 216 valence electrons.